The Bertz CT molecular complexity index is 1070. The number of fused-ring (bicyclic) bond motifs is 1. The van der Waals surface area contributed by atoms with Crippen molar-refractivity contribution in [1.29, 1.82) is 10.5 Å². The first kappa shape index (κ1) is 17.9. The van der Waals surface area contributed by atoms with Gasteiger partial charge < -0.3 is 19.2 Å². The van der Waals surface area contributed by atoms with E-state index in [4.69, 9.17) is 14.2 Å². The van der Waals surface area contributed by atoms with E-state index >= 15 is 0 Å². The van der Waals surface area contributed by atoms with Crippen LogP contribution in [0.15, 0.2) is 42.0 Å². The van der Waals surface area contributed by atoms with Crippen molar-refractivity contribution in [3.8, 4) is 40.6 Å². The average molecular weight is 359 g/mol. The molecule has 134 valence electrons. The molecule has 2 aromatic carbocycles. The number of nitriles is 2. The zero-order chi connectivity index (χ0) is 19.4. The van der Waals surface area contributed by atoms with Crippen molar-refractivity contribution in [1.82, 2.24) is 4.98 Å². The molecule has 0 atom stereocenters. The molecule has 0 spiro atoms. The Morgan fingerprint density at radius 1 is 0.963 bits per heavy atom. The van der Waals surface area contributed by atoms with Crippen molar-refractivity contribution >= 4 is 17.0 Å². The maximum atomic E-state index is 9.18. The van der Waals surface area contributed by atoms with E-state index in [1.165, 1.54) is 0 Å². The zero-order valence-corrected chi connectivity index (χ0v) is 15.2. The molecule has 0 unspecified atom stereocenters. The van der Waals surface area contributed by atoms with E-state index in [1.54, 1.807) is 27.4 Å². The van der Waals surface area contributed by atoms with Gasteiger partial charge in [0.2, 0.25) is 5.75 Å². The largest absolute Gasteiger partial charge is 0.493 e. The first-order valence-corrected chi connectivity index (χ1v) is 8.09. The van der Waals surface area contributed by atoms with E-state index < -0.39 is 0 Å². The van der Waals surface area contributed by atoms with Gasteiger partial charge in [-0.1, -0.05) is 18.2 Å². The monoisotopic (exact) mass is 359 g/mol. The van der Waals surface area contributed by atoms with E-state index in [9.17, 15) is 10.5 Å². The predicted octanol–water partition coefficient (Wildman–Crippen LogP) is 4.29. The average Bonchev–Trinajstić information content (AvgIpc) is 3.09. The van der Waals surface area contributed by atoms with Gasteiger partial charge in [-0.05, 0) is 24.3 Å². The number of para-hydroxylation sites is 1. The Balaban J connectivity index is 2.34. The van der Waals surface area contributed by atoms with Gasteiger partial charge in [0.15, 0.2) is 11.5 Å². The number of hydrogen-bond acceptors (Lipinski definition) is 5. The highest BCUT2D eigenvalue weighted by atomic mass is 16.5. The van der Waals surface area contributed by atoms with Gasteiger partial charge in [0.25, 0.3) is 0 Å². The smallest absolute Gasteiger partial charge is 0.203 e. The molecule has 0 aliphatic heterocycles. The van der Waals surface area contributed by atoms with Gasteiger partial charge in [-0.2, -0.15) is 10.5 Å². The first-order chi connectivity index (χ1) is 13.2. The summed E-state index contributed by atoms with van der Waals surface area (Å²) in [5.74, 6) is 1.52. The van der Waals surface area contributed by atoms with Crippen molar-refractivity contribution in [2.75, 3.05) is 21.3 Å². The number of aromatic amines is 1. The molecule has 1 N–H and O–H groups in total. The summed E-state index contributed by atoms with van der Waals surface area (Å²) >= 11 is 0. The van der Waals surface area contributed by atoms with Crippen LogP contribution in [0.4, 0.5) is 0 Å². The lowest BCUT2D eigenvalue weighted by Gasteiger charge is -2.14. The number of nitrogens with zero attached hydrogens (tertiary/aromatic N) is 2. The second-order valence-electron chi connectivity index (χ2n) is 5.65. The van der Waals surface area contributed by atoms with E-state index in [1.807, 2.05) is 48.5 Å². The molecular formula is C21H17N3O3. The fraction of sp³-hybridized carbons (Fsp3) is 0.143. The van der Waals surface area contributed by atoms with Gasteiger partial charge >= 0.3 is 0 Å². The fourth-order valence-electron chi connectivity index (χ4n) is 3.00. The maximum absolute atomic E-state index is 9.18. The van der Waals surface area contributed by atoms with E-state index in [0.29, 0.717) is 17.2 Å². The molecule has 6 nitrogen and oxygen atoms in total. The molecule has 27 heavy (non-hydrogen) atoms. The molecule has 0 aliphatic carbocycles. The van der Waals surface area contributed by atoms with Crippen LogP contribution < -0.4 is 14.2 Å². The summed E-state index contributed by atoms with van der Waals surface area (Å²) in [5, 5.41) is 19.3. The maximum Gasteiger partial charge on any atom is 0.203 e. The first-order valence-electron chi connectivity index (χ1n) is 8.09. The second kappa shape index (κ2) is 7.55. The van der Waals surface area contributed by atoms with Crippen LogP contribution in [-0.2, 0) is 0 Å². The minimum absolute atomic E-state index is 0.0217. The lowest BCUT2D eigenvalue weighted by atomic mass is 10.0. The summed E-state index contributed by atoms with van der Waals surface area (Å²) in [5.41, 5.74) is 3.19. The van der Waals surface area contributed by atoms with Gasteiger partial charge in [0, 0.05) is 22.0 Å². The number of methoxy groups -OCH3 is 3. The number of aromatic nitrogens is 1. The molecule has 1 heterocycles. The lowest BCUT2D eigenvalue weighted by molar-refractivity contribution is 0.324. The van der Waals surface area contributed by atoms with Crippen molar-refractivity contribution < 1.29 is 14.2 Å². The molecule has 0 bridgehead atoms. The van der Waals surface area contributed by atoms with Gasteiger partial charge in [0.05, 0.1) is 27.0 Å². The molecule has 3 aromatic rings. The van der Waals surface area contributed by atoms with Crippen molar-refractivity contribution in [2.45, 2.75) is 0 Å². The molecule has 6 heteroatoms. The van der Waals surface area contributed by atoms with Crippen molar-refractivity contribution in [3.63, 3.8) is 0 Å². The number of benzene rings is 2. The number of H-pyrrole nitrogens is 1. The molecule has 0 radical (unpaired) electrons. The molecule has 0 amide bonds. The van der Waals surface area contributed by atoms with Gasteiger partial charge in [0.1, 0.15) is 17.7 Å². The molecule has 0 saturated heterocycles. The normalized spacial score (nSPS) is 9.96. The van der Waals surface area contributed by atoms with Crippen LogP contribution in [0, 0.1) is 22.7 Å². The zero-order valence-electron chi connectivity index (χ0n) is 15.2. The highest BCUT2D eigenvalue weighted by Crippen LogP contribution is 2.43. The quantitative estimate of drug-likeness (QED) is 0.686. The Kier molecular flexibility index (Phi) is 5.01. The SMILES string of the molecule is COc1cc(-c2[nH]c3ccccc3c2C=C(C#N)C#N)cc(OC)c1OC. The van der Waals surface area contributed by atoms with Gasteiger partial charge in [-0.25, -0.2) is 0 Å². The summed E-state index contributed by atoms with van der Waals surface area (Å²) in [6.07, 6.45) is 1.58. The van der Waals surface area contributed by atoms with Gasteiger partial charge in [-0.3, -0.25) is 0 Å². The second-order valence-corrected chi connectivity index (χ2v) is 5.65. The summed E-state index contributed by atoms with van der Waals surface area (Å²) in [4.78, 5) is 3.36. The number of hydrogen-bond donors (Lipinski definition) is 1. The lowest BCUT2D eigenvalue weighted by Crippen LogP contribution is -1.96. The van der Waals surface area contributed by atoms with Crippen LogP contribution in [-0.4, -0.2) is 26.3 Å². The third-order valence-electron chi connectivity index (χ3n) is 4.23. The Labute approximate surface area is 156 Å². The molecule has 0 saturated carbocycles. The molecule has 3 rings (SSSR count). The number of allylic oxidation sites excluding steroid dienone is 1. The highest BCUT2D eigenvalue weighted by molar-refractivity contribution is 5.98. The van der Waals surface area contributed by atoms with E-state index in [2.05, 4.69) is 4.98 Å². The topological polar surface area (TPSA) is 91.1 Å². The standard InChI is InChI=1S/C21H17N3O3/c1-25-18-9-14(10-19(26-2)21(18)27-3)20-16(8-13(11-22)12-23)15-6-4-5-7-17(15)24-20/h4-10,24H,1-3H3. The minimum atomic E-state index is 0.0217. The highest BCUT2D eigenvalue weighted by Gasteiger charge is 2.18. The fourth-order valence-corrected chi connectivity index (χ4v) is 3.00. The van der Waals surface area contributed by atoms with Crippen LogP contribution in [0.3, 0.4) is 0 Å². The van der Waals surface area contributed by atoms with E-state index in [0.717, 1.165) is 27.7 Å². The molecule has 1 aromatic heterocycles. The summed E-state index contributed by atoms with van der Waals surface area (Å²) < 4.78 is 16.3. The summed E-state index contributed by atoms with van der Waals surface area (Å²) in [6.45, 7) is 0. The van der Waals surface area contributed by atoms with Gasteiger partial charge in [-0.15, -0.1) is 0 Å². The van der Waals surface area contributed by atoms with Crippen LogP contribution in [0.2, 0.25) is 0 Å². The van der Waals surface area contributed by atoms with Crippen LogP contribution in [0.25, 0.3) is 28.2 Å². The number of nitrogens with one attached hydrogen (secondary N) is 1. The molecular weight excluding hydrogens is 342 g/mol. The molecule has 0 aliphatic rings. The Hall–Kier alpha value is -3.90. The third-order valence-corrected chi connectivity index (χ3v) is 4.23. The van der Waals surface area contributed by atoms with Crippen LogP contribution >= 0.6 is 0 Å². The predicted molar refractivity (Wildman–Crippen MR) is 103 cm³/mol. The number of ether oxygens (including phenoxy) is 3. The number of rotatable bonds is 5. The van der Waals surface area contributed by atoms with Crippen LogP contribution in [0.1, 0.15) is 5.56 Å². The van der Waals surface area contributed by atoms with E-state index in [-0.39, 0.29) is 5.57 Å². The Morgan fingerprint density at radius 3 is 2.15 bits per heavy atom. The van der Waals surface area contributed by atoms with Crippen molar-refractivity contribution in [2.24, 2.45) is 0 Å². The minimum Gasteiger partial charge on any atom is -0.493 e. The van der Waals surface area contributed by atoms with Crippen molar-refractivity contribution in [3.05, 3.63) is 47.5 Å². The summed E-state index contributed by atoms with van der Waals surface area (Å²) in [7, 11) is 4.65. The van der Waals surface area contributed by atoms with Crippen LogP contribution in [0.5, 0.6) is 17.2 Å². The third kappa shape index (κ3) is 3.17. The molecule has 0 fully saturated rings. The summed E-state index contributed by atoms with van der Waals surface area (Å²) in [6, 6.07) is 15.2. The Morgan fingerprint density at radius 2 is 1.59 bits per heavy atom.